The van der Waals surface area contributed by atoms with Crippen molar-refractivity contribution in [1.29, 1.82) is 0 Å². The molecule has 0 aromatic rings. The number of carbonyl (C=O) groups is 1. The minimum Gasteiger partial charge on any atom is -0.342 e. The second-order valence-electron chi connectivity index (χ2n) is 4.24. The minimum absolute atomic E-state index is 0.0768. The molecule has 88 valence electrons. The van der Waals surface area contributed by atoms with Crippen LogP contribution in [0.2, 0.25) is 0 Å². The number of nitrogens with two attached hydrogens (primary N) is 1. The van der Waals surface area contributed by atoms with Gasteiger partial charge in [-0.3, -0.25) is 4.79 Å². The molecule has 1 aliphatic heterocycles. The van der Waals surface area contributed by atoms with Crippen LogP contribution in [0.25, 0.3) is 0 Å². The third-order valence-corrected chi connectivity index (χ3v) is 4.40. The monoisotopic (exact) mass is 234 g/mol. The SMILES string of the molecule is CC(N)CC(=O)N(C)C1CCS(=O)(=O)C1. The Kier molecular flexibility index (Phi) is 3.72. The smallest absolute Gasteiger partial charge is 0.224 e. The van der Waals surface area contributed by atoms with Crippen LogP contribution in [0, 0.1) is 0 Å². The molecule has 0 radical (unpaired) electrons. The Morgan fingerprint density at radius 2 is 2.20 bits per heavy atom. The number of rotatable bonds is 3. The lowest BCUT2D eigenvalue weighted by atomic mass is 10.2. The van der Waals surface area contributed by atoms with E-state index in [1.165, 1.54) is 4.90 Å². The Morgan fingerprint density at radius 1 is 1.60 bits per heavy atom. The van der Waals surface area contributed by atoms with E-state index >= 15 is 0 Å². The summed E-state index contributed by atoms with van der Waals surface area (Å²) in [5.74, 6) is 0.203. The molecule has 1 fully saturated rings. The van der Waals surface area contributed by atoms with Crippen LogP contribution in [-0.2, 0) is 14.6 Å². The van der Waals surface area contributed by atoms with Gasteiger partial charge in [0.05, 0.1) is 11.5 Å². The highest BCUT2D eigenvalue weighted by atomic mass is 32.2. The molecule has 0 saturated carbocycles. The Bertz CT molecular complexity index is 337. The van der Waals surface area contributed by atoms with Crippen LogP contribution in [0.5, 0.6) is 0 Å². The fourth-order valence-electron chi connectivity index (χ4n) is 1.70. The van der Waals surface area contributed by atoms with Crippen molar-refractivity contribution in [2.24, 2.45) is 5.73 Å². The van der Waals surface area contributed by atoms with E-state index in [1.807, 2.05) is 0 Å². The maximum atomic E-state index is 11.6. The predicted octanol–water partition coefficient (Wildman–Crippen LogP) is -0.631. The van der Waals surface area contributed by atoms with Gasteiger partial charge in [-0.25, -0.2) is 8.42 Å². The first-order chi connectivity index (χ1) is 6.82. The predicted molar refractivity (Wildman–Crippen MR) is 58.1 cm³/mol. The van der Waals surface area contributed by atoms with Gasteiger partial charge in [0.25, 0.3) is 0 Å². The van der Waals surface area contributed by atoms with E-state index in [9.17, 15) is 13.2 Å². The van der Waals surface area contributed by atoms with Gasteiger partial charge in [-0.2, -0.15) is 0 Å². The van der Waals surface area contributed by atoms with Gasteiger partial charge in [0, 0.05) is 25.6 Å². The molecule has 2 unspecified atom stereocenters. The van der Waals surface area contributed by atoms with E-state index in [4.69, 9.17) is 5.73 Å². The van der Waals surface area contributed by atoms with Crippen LogP contribution in [0.4, 0.5) is 0 Å². The molecule has 2 atom stereocenters. The molecule has 2 N–H and O–H groups in total. The summed E-state index contributed by atoms with van der Waals surface area (Å²) >= 11 is 0. The zero-order chi connectivity index (χ0) is 11.6. The summed E-state index contributed by atoms with van der Waals surface area (Å²) in [6, 6.07) is -0.348. The molecule has 15 heavy (non-hydrogen) atoms. The van der Waals surface area contributed by atoms with Gasteiger partial charge in [0.1, 0.15) is 0 Å². The average molecular weight is 234 g/mol. The van der Waals surface area contributed by atoms with Crippen molar-refractivity contribution in [3.05, 3.63) is 0 Å². The standard InChI is InChI=1S/C9H18N2O3S/c1-7(10)5-9(12)11(2)8-3-4-15(13,14)6-8/h7-8H,3-6,10H2,1-2H3. The number of sulfone groups is 1. The second kappa shape index (κ2) is 4.49. The van der Waals surface area contributed by atoms with Gasteiger partial charge >= 0.3 is 0 Å². The summed E-state index contributed by atoms with van der Waals surface area (Å²) < 4.78 is 22.5. The van der Waals surface area contributed by atoms with Crippen LogP contribution < -0.4 is 5.73 Å². The van der Waals surface area contributed by atoms with Crippen LogP contribution in [0.15, 0.2) is 0 Å². The molecule has 0 aromatic carbocycles. The summed E-state index contributed by atoms with van der Waals surface area (Å²) in [4.78, 5) is 13.1. The zero-order valence-electron chi connectivity index (χ0n) is 9.14. The van der Waals surface area contributed by atoms with Crippen molar-refractivity contribution in [1.82, 2.24) is 4.90 Å². The van der Waals surface area contributed by atoms with Crippen molar-refractivity contribution < 1.29 is 13.2 Å². The Labute approximate surface area is 90.5 Å². The van der Waals surface area contributed by atoms with E-state index in [0.717, 1.165) is 0 Å². The zero-order valence-corrected chi connectivity index (χ0v) is 9.96. The third-order valence-electron chi connectivity index (χ3n) is 2.65. The second-order valence-corrected chi connectivity index (χ2v) is 6.47. The fraction of sp³-hybridized carbons (Fsp3) is 0.889. The molecule has 0 aromatic heterocycles. The maximum absolute atomic E-state index is 11.6. The lowest BCUT2D eigenvalue weighted by molar-refractivity contribution is -0.131. The van der Waals surface area contributed by atoms with E-state index in [0.29, 0.717) is 6.42 Å². The van der Waals surface area contributed by atoms with Gasteiger partial charge in [0.15, 0.2) is 9.84 Å². The number of hydrogen-bond acceptors (Lipinski definition) is 4. The van der Waals surface area contributed by atoms with Crippen molar-refractivity contribution in [2.45, 2.75) is 31.8 Å². The third kappa shape index (κ3) is 3.46. The fourth-order valence-corrected chi connectivity index (χ4v) is 3.48. The topological polar surface area (TPSA) is 80.5 Å². The summed E-state index contributed by atoms with van der Waals surface area (Å²) in [5.41, 5.74) is 5.52. The van der Waals surface area contributed by atoms with Crippen LogP contribution in [-0.4, -0.2) is 49.9 Å². The van der Waals surface area contributed by atoms with Gasteiger partial charge in [-0.05, 0) is 13.3 Å². The highest BCUT2D eigenvalue weighted by Gasteiger charge is 2.32. The van der Waals surface area contributed by atoms with Gasteiger partial charge in [-0.15, -0.1) is 0 Å². The molecule has 1 amide bonds. The van der Waals surface area contributed by atoms with Gasteiger partial charge in [0.2, 0.25) is 5.91 Å². The van der Waals surface area contributed by atoms with Gasteiger partial charge < -0.3 is 10.6 Å². The molecule has 1 heterocycles. The van der Waals surface area contributed by atoms with Crippen LogP contribution in [0.1, 0.15) is 19.8 Å². The Balaban J connectivity index is 2.55. The van der Waals surface area contributed by atoms with E-state index in [1.54, 1.807) is 14.0 Å². The Hall–Kier alpha value is -0.620. The number of amides is 1. The first kappa shape index (κ1) is 12.4. The molecule has 1 aliphatic rings. The molecule has 1 saturated heterocycles. The number of carbonyl (C=O) groups excluding carboxylic acids is 1. The largest absolute Gasteiger partial charge is 0.342 e. The molecule has 0 bridgehead atoms. The highest BCUT2D eigenvalue weighted by Crippen LogP contribution is 2.17. The van der Waals surface area contributed by atoms with Gasteiger partial charge in [-0.1, -0.05) is 0 Å². The summed E-state index contributed by atoms with van der Waals surface area (Å²) in [5, 5.41) is 0. The summed E-state index contributed by atoms with van der Waals surface area (Å²) in [7, 11) is -1.28. The number of nitrogens with zero attached hydrogens (tertiary/aromatic N) is 1. The molecule has 6 heteroatoms. The van der Waals surface area contributed by atoms with Crippen molar-refractivity contribution in [3.8, 4) is 0 Å². The number of hydrogen-bond donors (Lipinski definition) is 1. The lowest BCUT2D eigenvalue weighted by Gasteiger charge is -2.24. The van der Waals surface area contributed by atoms with E-state index in [2.05, 4.69) is 0 Å². The first-order valence-corrected chi connectivity index (χ1v) is 6.85. The van der Waals surface area contributed by atoms with Crippen molar-refractivity contribution in [3.63, 3.8) is 0 Å². The Morgan fingerprint density at radius 3 is 2.60 bits per heavy atom. The van der Waals surface area contributed by atoms with E-state index in [-0.39, 0.29) is 35.9 Å². The van der Waals surface area contributed by atoms with Crippen molar-refractivity contribution >= 4 is 15.7 Å². The van der Waals surface area contributed by atoms with Crippen LogP contribution in [0.3, 0.4) is 0 Å². The average Bonchev–Trinajstić information content (AvgIpc) is 2.43. The van der Waals surface area contributed by atoms with Crippen LogP contribution >= 0.6 is 0 Å². The quantitative estimate of drug-likeness (QED) is 0.705. The molecule has 5 nitrogen and oxygen atoms in total. The normalized spacial score (nSPS) is 26.2. The molecule has 1 rings (SSSR count). The first-order valence-electron chi connectivity index (χ1n) is 5.03. The molecular weight excluding hydrogens is 216 g/mol. The molecular formula is C9H18N2O3S. The maximum Gasteiger partial charge on any atom is 0.224 e. The summed E-state index contributed by atoms with van der Waals surface area (Å²) in [6.07, 6.45) is 0.816. The molecule has 0 spiro atoms. The lowest BCUT2D eigenvalue weighted by Crippen LogP contribution is -2.40. The summed E-state index contributed by atoms with van der Waals surface area (Å²) in [6.45, 7) is 1.76. The molecule has 0 aliphatic carbocycles. The van der Waals surface area contributed by atoms with E-state index < -0.39 is 9.84 Å². The van der Waals surface area contributed by atoms with Crippen molar-refractivity contribution in [2.75, 3.05) is 18.6 Å². The highest BCUT2D eigenvalue weighted by molar-refractivity contribution is 7.91. The minimum atomic E-state index is -2.93.